The molecule has 1 saturated heterocycles. The van der Waals surface area contributed by atoms with Crippen molar-refractivity contribution in [2.75, 3.05) is 19.6 Å². The molecule has 0 spiro atoms. The second-order valence-corrected chi connectivity index (χ2v) is 5.62. The predicted molar refractivity (Wildman–Crippen MR) is 79.1 cm³/mol. The third kappa shape index (κ3) is 2.33. The largest absolute Gasteiger partial charge is 0.506 e. The van der Waals surface area contributed by atoms with Crippen LogP contribution in [0.3, 0.4) is 0 Å². The molecular formula is C15H21N3O2. The van der Waals surface area contributed by atoms with Crippen LogP contribution in [0.15, 0.2) is 23.0 Å². The third-order valence-corrected chi connectivity index (χ3v) is 4.26. The van der Waals surface area contributed by atoms with Gasteiger partial charge in [0, 0.05) is 13.1 Å². The summed E-state index contributed by atoms with van der Waals surface area (Å²) in [5.74, 6) is 0.643. The summed E-state index contributed by atoms with van der Waals surface area (Å²) in [6.07, 6.45) is 2.32. The van der Waals surface area contributed by atoms with E-state index in [1.54, 1.807) is 16.7 Å². The van der Waals surface area contributed by atoms with E-state index in [1.807, 2.05) is 6.07 Å². The fraction of sp³-hybridized carbons (Fsp3) is 0.533. The van der Waals surface area contributed by atoms with Crippen molar-refractivity contribution in [2.24, 2.45) is 5.92 Å². The second kappa shape index (κ2) is 5.32. The molecule has 108 valence electrons. The maximum absolute atomic E-state index is 12.1. The molecule has 1 aromatic carbocycles. The van der Waals surface area contributed by atoms with Crippen LogP contribution in [0.1, 0.15) is 19.8 Å². The Labute approximate surface area is 117 Å². The summed E-state index contributed by atoms with van der Waals surface area (Å²) in [7, 11) is 0. The molecule has 1 unspecified atom stereocenters. The van der Waals surface area contributed by atoms with Crippen LogP contribution in [0.25, 0.3) is 11.0 Å². The average molecular weight is 275 g/mol. The van der Waals surface area contributed by atoms with Gasteiger partial charge in [0.05, 0.1) is 5.52 Å². The van der Waals surface area contributed by atoms with Crippen LogP contribution in [0.2, 0.25) is 0 Å². The van der Waals surface area contributed by atoms with Gasteiger partial charge in [-0.05, 0) is 44.0 Å². The van der Waals surface area contributed by atoms with Gasteiger partial charge in [-0.2, -0.15) is 0 Å². The van der Waals surface area contributed by atoms with Crippen LogP contribution < -0.4 is 5.69 Å². The molecule has 1 aliphatic rings. The van der Waals surface area contributed by atoms with Gasteiger partial charge in [-0.1, -0.05) is 13.0 Å². The van der Waals surface area contributed by atoms with E-state index in [0.29, 0.717) is 23.5 Å². The molecule has 1 aliphatic heterocycles. The Morgan fingerprint density at radius 2 is 2.30 bits per heavy atom. The number of fused-ring (bicyclic) bond motifs is 1. The topological polar surface area (TPSA) is 61.3 Å². The van der Waals surface area contributed by atoms with Crippen LogP contribution in [0.4, 0.5) is 0 Å². The number of aromatic hydroxyl groups is 1. The number of hydrogen-bond acceptors (Lipinski definition) is 3. The number of nitrogens with zero attached hydrogens (tertiary/aromatic N) is 2. The molecule has 5 nitrogen and oxygen atoms in total. The number of piperidine rings is 1. The summed E-state index contributed by atoms with van der Waals surface area (Å²) < 4.78 is 1.69. The first-order chi connectivity index (χ1) is 9.69. The molecule has 2 aromatic rings. The Morgan fingerprint density at radius 1 is 1.45 bits per heavy atom. The molecule has 20 heavy (non-hydrogen) atoms. The fourth-order valence-electron chi connectivity index (χ4n) is 3.22. The molecule has 1 fully saturated rings. The van der Waals surface area contributed by atoms with Gasteiger partial charge in [0.2, 0.25) is 0 Å². The lowest BCUT2D eigenvalue weighted by atomic mass is 9.98. The van der Waals surface area contributed by atoms with Gasteiger partial charge in [0.15, 0.2) is 0 Å². The Hall–Kier alpha value is -1.75. The van der Waals surface area contributed by atoms with Gasteiger partial charge in [-0.25, -0.2) is 4.79 Å². The monoisotopic (exact) mass is 275 g/mol. The highest BCUT2D eigenvalue weighted by molar-refractivity contribution is 5.81. The quantitative estimate of drug-likeness (QED) is 0.897. The summed E-state index contributed by atoms with van der Waals surface area (Å²) in [5, 5.41) is 10.0. The van der Waals surface area contributed by atoms with E-state index in [0.717, 1.165) is 26.1 Å². The predicted octanol–water partition coefficient (Wildman–Crippen LogP) is 1.77. The lowest BCUT2D eigenvalue weighted by Gasteiger charge is -2.31. The van der Waals surface area contributed by atoms with E-state index in [-0.39, 0.29) is 11.4 Å². The number of nitrogens with one attached hydrogen (secondary N) is 1. The number of aromatic nitrogens is 2. The van der Waals surface area contributed by atoms with Gasteiger partial charge in [0.1, 0.15) is 11.3 Å². The first-order valence-corrected chi connectivity index (χ1v) is 7.32. The standard InChI is InChI=1S/C15H21N3O2/c1-2-17-8-4-5-11(9-17)10-18-14-12(16-15(18)20)6-3-7-13(14)19/h3,6-7,11,19H,2,4-5,8-10H2,1H3,(H,16,20). The highest BCUT2D eigenvalue weighted by atomic mass is 16.3. The van der Waals surface area contributed by atoms with E-state index in [9.17, 15) is 9.90 Å². The van der Waals surface area contributed by atoms with Crippen molar-refractivity contribution in [1.29, 1.82) is 0 Å². The molecule has 2 heterocycles. The molecular weight excluding hydrogens is 254 g/mol. The summed E-state index contributed by atoms with van der Waals surface area (Å²) >= 11 is 0. The number of imidazole rings is 1. The summed E-state index contributed by atoms with van der Waals surface area (Å²) in [5.41, 5.74) is 1.21. The molecule has 2 N–H and O–H groups in total. The zero-order chi connectivity index (χ0) is 14.1. The Morgan fingerprint density at radius 3 is 3.10 bits per heavy atom. The van der Waals surface area contributed by atoms with Gasteiger partial charge >= 0.3 is 5.69 Å². The number of H-pyrrole nitrogens is 1. The number of benzene rings is 1. The summed E-state index contributed by atoms with van der Waals surface area (Å²) in [6, 6.07) is 5.20. The maximum atomic E-state index is 12.1. The van der Waals surface area contributed by atoms with Crippen LogP contribution in [0, 0.1) is 5.92 Å². The minimum Gasteiger partial charge on any atom is -0.506 e. The van der Waals surface area contributed by atoms with Gasteiger partial charge in [-0.15, -0.1) is 0 Å². The Kier molecular flexibility index (Phi) is 3.53. The van der Waals surface area contributed by atoms with E-state index in [4.69, 9.17) is 0 Å². The summed E-state index contributed by atoms with van der Waals surface area (Å²) in [4.78, 5) is 17.3. The number of rotatable bonds is 3. The fourth-order valence-corrected chi connectivity index (χ4v) is 3.22. The van der Waals surface area contributed by atoms with Gasteiger partial charge in [-0.3, -0.25) is 4.57 Å². The summed E-state index contributed by atoms with van der Waals surface area (Å²) in [6.45, 7) is 6.09. The van der Waals surface area contributed by atoms with E-state index in [1.165, 1.54) is 6.42 Å². The van der Waals surface area contributed by atoms with E-state index < -0.39 is 0 Å². The normalized spacial score (nSPS) is 20.6. The lowest BCUT2D eigenvalue weighted by molar-refractivity contribution is 0.170. The molecule has 0 saturated carbocycles. The minimum atomic E-state index is -0.130. The lowest BCUT2D eigenvalue weighted by Crippen LogP contribution is -2.37. The van der Waals surface area contributed by atoms with E-state index in [2.05, 4.69) is 16.8 Å². The minimum absolute atomic E-state index is 0.130. The van der Waals surface area contributed by atoms with Crippen LogP contribution in [-0.2, 0) is 6.54 Å². The Bertz CT molecular complexity index is 659. The first kappa shape index (κ1) is 13.2. The molecule has 0 bridgehead atoms. The SMILES string of the molecule is CCN1CCCC(Cn2c(=O)[nH]c3cccc(O)c32)C1. The average Bonchev–Trinajstić information content (AvgIpc) is 2.77. The second-order valence-electron chi connectivity index (χ2n) is 5.62. The number of para-hydroxylation sites is 1. The Balaban J connectivity index is 1.91. The maximum Gasteiger partial charge on any atom is 0.326 e. The van der Waals surface area contributed by atoms with Crippen LogP contribution in [-0.4, -0.2) is 39.2 Å². The highest BCUT2D eigenvalue weighted by Crippen LogP contribution is 2.24. The smallest absolute Gasteiger partial charge is 0.326 e. The third-order valence-electron chi connectivity index (χ3n) is 4.26. The van der Waals surface area contributed by atoms with E-state index >= 15 is 0 Å². The number of phenols is 1. The van der Waals surface area contributed by atoms with Crippen molar-refractivity contribution in [3.05, 3.63) is 28.7 Å². The highest BCUT2D eigenvalue weighted by Gasteiger charge is 2.21. The number of aromatic amines is 1. The van der Waals surface area contributed by atoms with Crippen molar-refractivity contribution in [3.63, 3.8) is 0 Å². The molecule has 0 radical (unpaired) electrons. The first-order valence-electron chi connectivity index (χ1n) is 7.32. The molecule has 1 aromatic heterocycles. The molecule has 5 heteroatoms. The van der Waals surface area contributed by atoms with Crippen molar-refractivity contribution in [2.45, 2.75) is 26.3 Å². The van der Waals surface area contributed by atoms with Crippen LogP contribution in [0.5, 0.6) is 5.75 Å². The van der Waals surface area contributed by atoms with Crippen LogP contribution >= 0.6 is 0 Å². The number of hydrogen-bond donors (Lipinski definition) is 2. The van der Waals surface area contributed by atoms with Gasteiger partial charge in [0.25, 0.3) is 0 Å². The number of phenolic OH excluding ortho intramolecular Hbond substituents is 1. The van der Waals surface area contributed by atoms with Crippen molar-refractivity contribution >= 4 is 11.0 Å². The number of likely N-dealkylation sites (tertiary alicyclic amines) is 1. The molecule has 1 atom stereocenters. The van der Waals surface area contributed by atoms with Crippen molar-refractivity contribution in [1.82, 2.24) is 14.5 Å². The zero-order valence-electron chi connectivity index (χ0n) is 11.8. The van der Waals surface area contributed by atoms with Gasteiger partial charge < -0.3 is 15.0 Å². The zero-order valence-corrected chi connectivity index (χ0v) is 11.8. The molecule has 0 aliphatic carbocycles. The van der Waals surface area contributed by atoms with Crippen molar-refractivity contribution in [3.8, 4) is 5.75 Å². The molecule has 3 rings (SSSR count). The van der Waals surface area contributed by atoms with Crippen molar-refractivity contribution < 1.29 is 5.11 Å². The molecule has 0 amide bonds.